The van der Waals surface area contributed by atoms with Crippen LogP contribution in [-0.4, -0.2) is 75.5 Å². The summed E-state index contributed by atoms with van der Waals surface area (Å²) in [5.41, 5.74) is 0. The topological polar surface area (TPSA) is 136 Å². The summed E-state index contributed by atoms with van der Waals surface area (Å²) >= 11 is 0. The van der Waals surface area contributed by atoms with Crippen molar-refractivity contribution >= 4 is 11.9 Å². The van der Waals surface area contributed by atoms with E-state index in [1.807, 2.05) is 0 Å². The molecule has 0 unspecified atom stereocenters. The number of hydrogen-bond donors (Lipinski definition) is 5. The minimum Gasteiger partial charge on any atom is -0.479 e. The third-order valence-electron chi connectivity index (χ3n) is 3.06. The lowest BCUT2D eigenvalue weighted by Gasteiger charge is -2.40. The number of ether oxygens (including phenoxy) is 1. The molecule has 1 rings (SSSR count). The predicted molar refractivity (Wildman–Crippen MR) is 62.5 cm³/mol. The van der Waals surface area contributed by atoms with Gasteiger partial charge in [0.1, 0.15) is 24.5 Å². The number of alkyl halides is 1. The van der Waals surface area contributed by atoms with Crippen molar-refractivity contribution in [1.82, 2.24) is 5.32 Å². The molecule has 9 heteroatoms. The van der Waals surface area contributed by atoms with Crippen LogP contribution in [0.5, 0.6) is 0 Å². The Morgan fingerprint density at radius 3 is 2.50 bits per heavy atom. The Labute approximate surface area is 114 Å². The highest BCUT2D eigenvalue weighted by Crippen LogP contribution is 2.26. The van der Waals surface area contributed by atoms with Crippen molar-refractivity contribution in [3.05, 3.63) is 0 Å². The van der Waals surface area contributed by atoms with E-state index >= 15 is 0 Å². The summed E-state index contributed by atoms with van der Waals surface area (Å²) in [6.07, 6.45) is -8.64. The Morgan fingerprint density at radius 1 is 1.45 bits per heavy atom. The standard InChI is InChI=1S/C11H18FNO7/c1-4(15)13-6-2-5(12)9(11(18)19)20-10(6)8(17)7(16)3-14/h5-10,14,16-17H,2-3H2,1H3,(H,13,15)(H,18,19)/t5-,6-,7-,8-,9+,10-/m1/s1. The second-order valence-electron chi connectivity index (χ2n) is 4.66. The molecule has 1 aliphatic rings. The van der Waals surface area contributed by atoms with Crippen LogP contribution in [0.2, 0.25) is 0 Å². The molecule has 0 radical (unpaired) electrons. The summed E-state index contributed by atoms with van der Waals surface area (Å²) in [6, 6.07) is -1.01. The molecule has 0 aromatic rings. The molecular weight excluding hydrogens is 277 g/mol. The number of carboxylic acid groups (broad SMARTS) is 1. The van der Waals surface area contributed by atoms with E-state index in [1.165, 1.54) is 6.92 Å². The molecule has 0 aromatic carbocycles. The van der Waals surface area contributed by atoms with E-state index in [0.29, 0.717) is 0 Å². The molecular formula is C11H18FNO7. The van der Waals surface area contributed by atoms with E-state index in [0.717, 1.165) is 0 Å². The second kappa shape index (κ2) is 6.93. The molecule has 5 N–H and O–H groups in total. The highest BCUT2D eigenvalue weighted by molar-refractivity contribution is 5.74. The number of carboxylic acids is 1. The Morgan fingerprint density at radius 2 is 2.05 bits per heavy atom. The molecule has 0 aliphatic carbocycles. The van der Waals surface area contributed by atoms with Gasteiger partial charge in [-0.05, 0) is 0 Å². The van der Waals surface area contributed by atoms with E-state index in [9.17, 15) is 24.2 Å². The molecule has 116 valence electrons. The Bertz CT molecular complexity index is 367. The number of hydrogen-bond acceptors (Lipinski definition) is 6. The van der Waals surface area contributed by atoms with Crippen molar-refractivity contribution in [2.45, 2.75) is 50.0 Å². The monoisotopic (exact) mass is 295 g/mol. The van der Waals surface area contributed by atoms with Gasteiger partial charge in [-0.1, -0.05) is 0 Å². The summed E-state index contributed by atoms with van der Waals surface area (Å²) in [4.78, 5) is 21.9. The zero-order chi connectivity index (χ0) is 15.4. The van der Waals surface area contributed by atoms with Crippen LogP contribution >= 0.6 is 0 Å². The van der Waals surface area contributed by atoms with Gasteiger partial charge in [0.15, 0.2) is 6.10 Å². The fraction of sp³-hybridized carbons (Fsp3) is 0.818. The number of aliphatic carboxylic acids is 1. The fourth-order valence-electron chi connectivity index (χ4n) is 2.11. The predicted octanol–water partition coefficient (Wildman–Crippen LogP) is -2.21. The number of carbonyl (C=O) groups is 2. The summed E-state index contributed by atoms with van der Waals surface area (Å²) in [5, 5.41) is 39.1. The maximum Gasteiger partial charge on any atom is 0.335 e. The molecule has 1 amide bonds. The molecule has 6 atom stereocenters. The molecule has 0 saturated carbocycles. The van der Waals surface area contributed by atoms with Crippen LogP contribution in [0.4, 0.5) is 4.39 Å². The van der Waals surface area contributed by atoms with Gasteiger partial charge < -0.3 is 30.5 Å². The lowest BCUT2D eigenvalue weighted by atomic mass is 9.91. The summed E-state index contributed by atoms with van der Waals surface area (Å²) < 4.78 is 18.6. The molecule has 1 saturated heterocycles. The van der Waals surface area contributed by atoms with E-state index in [2.05, 4.69) is 5.32 Å². The summed E-state index contributed by atoms with van der Waals surface area (Å²) in [5.74, 6) is -2.07. The first kappa shape index (κ1) is 16.8. The highest BCUT2D eigenvalue weighted by atomic mass is 19.1. The van der Waals surface area contributed by atoms with Crippen molar-refractivity contribution < 1.29 is 39.1 Å². The van der Waals surface area contributed by atoms with Gasteiger partial charge in [0, 0.05) is 13.3 Å². The zero-order valence-corrected chi connectivity index (χ0v) is 10.8. The molecule has 1 fully saturated rings. The first-order chi connectivity index (χ1) is 9.27. The number of halogens is 1. The van der Waals surface area contributed by atoms with Crippen LogP contribution < -0.4 is 5.32 Å². The maximum atomic E-state index is 13.7. The van der Waals surface area contributed by atoms with Crippen LogP contribution in [0.3, 0.4) is 0 Å². The van der Waals surface area contributed by atoms with Crippen molar-refractivity contribution in [2.24, 2.45) is 0 Å². The van der Waals surface area contributed by atoms with Crippen molar-refractivity contribution in [3.8, 4) is 0 Å². The number of aliphatic hydroxyl groups is 3. The highest BCUT2D eigenvalue weighted by Gasteiger charge is 2.46. The smallest absolute Gasteiger partial charge is 0.335 e. The molecule has 8 nitrogen and oxygen atoms in total. The minimum absolute atomic E-state index is 0.379. The van der Waals surface area contributed by atoms with Crippen LogP contribution in [0.15, 0.2) is 0 Å². The molecule has 0 spiro atoms. The van der Waals surface area contributed by atoms with Crippen LogP contribution in [-0.2, 0) is 14.3 Å². The van der Waals surface area contributed by atoms with Crippen molar-refractivity contribution in [2.75, 3.05) is 6.61 Å². The van der Waals surface area contributed by atoms with Gasteiger partial charge in [-0.25, -0.2) is 9.18 Å². The summed E-state index contributed by atoms with van der Waals surface area (Å²) in [7, 11) is 0. The van der Waals surface area contributed by atoms with Gasteiger partial charge in [0.05, 0.1) is 12.6 Å². The van der Waals surface area contributed by atoms with Crippen LogP contribution in [0.25, 0.3) is 0 Å². The summed E-state index contributed by atoms with van der Waals surface area (Å²) in [6.45, 7) is 0.382. The minimum atomic E-state index is -1.86. The van der Waals surface area contributed by atoms with Crippen LogP contribution in [0, 0.1) is 0 Å². The third-order valence-corrected chi connectivity index (χ3v) is 3.06. The van der Waals surface area contributed by atoms with Crippen molar-refractivity contribution in [3.63, 3.8) is 0 Å². The number of nitrogens with one attached hydrogen (secondary N) is 1. The molecule has 0 aromatic heterocycles. The first-order valence-electron chi connectivity index (χ1n) is 6.04. The second-order valence-corrected chi connectivity index (χ2v) is 4.66. The number of amides is 1. The van der Waals surface area contributed by atoms with E-state index in [4.69, 9.17) is 14.9 Å². The normalized spacial score (nSPS) is 33.2. The maximum absolute atomic E-state index is 13.7. The third kappa shape index (κ3) is 3.85. The Hall–Kier alpha value is -1.29. The van der Waals surface area contributed by atoms with E-state index < -0.39 is 55.1 Å². The van der Waals surface area contributed by atoms with Gasteiger partial charge in [0.2, 0.25) is 5.91 Å². The van der Waals surface area contributed by atoms with E-state index in [1.54, 1.807) is 0 Å². The van der Waals surface area contributed by atoms with Crippen LogP contribution in [0.1, 0.15) is 13.3 Å². The number of carbonyl (C=O) groups excluding carboxylic acids is 1. The quantitative estimate of drug-likeness (QED) is 0.388. The Balaban J connectivity index is 2.91. The van der Waals surface area contributed by atoms with Gasteiger partial charge in [-0.2, -0.15) is 0 Å². The lowest BCUT2D eigenvalue weighted by Crippen LogP contribution is -2.61. The lowest BCUT2D eigenvalue weighted by molar-refractivity contribution is -0.193. The van der Waals surface area contributed by atoms with Gasteiger partial charge in [-0.3, -0.25) is 4.79 Å². The zero-order valence-electron chi connectivity index (χ0n) is 10.8. The van der Waals surface area contributed by atoms with Gasteiger partial charge in [-0.15, -0.1) is 0 Å². The van der Waals surface area contributed by atoms with Gasteiger partial charge >= 0.3 is 5.97 Å². The largest absolute Gasteiger partial charge is 0.479 e. The molecule has 20 heavy (non-hydrogen) atoms. The molecule has 1 aliphatic heterocycles. The average Bonchev–Trinajstić information content (AvgIpc) is 2.36. The van der Waals surface area contributed by atoms with Crippen molar-refractivity contribution in [1.29, 1.82) is 0 Å². The number of rotatable bonds is 5. The molecule has 1 heterocycles. The SMILES string of the molecule is CC(=O)N[C@@H]1C[C@@H](F)[C@@H](C(=O)O)O[C@H]1[C@H](O)[C@H](O)CO. The average molecular weight is 295 g/mol. The fourth-order valence-corrected chi connectivity index (χ4v) is 2.11. The van der Waals surface area contributed by atoms with Gasteiger partial charge in [0.25, 0.3) is 0 Å². The number of aliphatic hydroxyl groups excluding tert-OH is 3. The Kier molecular flexibility index (Phi) is 5.81. The molecule has 0 bridgehead atoms. The van der Waals surface area contributed by atoms with E-state index in [-0.39, 0.29) is 6.42 Å². The first-order valence-corrected chi connectivity index (χ1v) is 6.04.